The van der Waals surface area contributed by atoms with E-state index in [0.717, 1.165) is 17.1 Å². The minimum atomic E-state index is -0.222. The van der Waals surface area contributed by atoms with Gasteiger partial charge in [-0.1, -0.05) is 19.9 Å². The SMILES string of the molecule is CC(C)NCc1cccnc1Sc1n[nH]c(=O)n1C. The standard InChI is InChI=1S/C12H17N5OS/c1-8(2)14-7-9-5-4-6-13-10(9)19-12-16-15-11(18)17(12)3/h4-6,8,14H,7H2,1-3H3,(H,15,18). The molecule has 0 aliphatic carbocycles. The molecular formula is C12H17N5OS. The molecule has 0 saturated carbocycles. The normalized spacial score (nSPS) is 11.2. The van der Waals surface area contributed by atoms with Crippen molar-refractivity contribution < 1.29 is 0 Å². The van der Waals surface area contributed by atoms with Gasteiger partial charge in [0.2, 0.25) is 0 Å². The van der Waals surface area contributed by atoms with E-state index in [1.807, 2.05) is 12.1 Å². The molecule has 0 amide bonds. The fourth-order valence-electron chi connectivity index (χ4n) is 1.47. The van der Waals surface area contributed by atoms with Gasteiger partial charge in [-0.2, -0.15) is 0 Å². The van der Waals surface area contributed by atoms with Crippen LogP contribution in [-0.4, -0.2) is 25.8 Å². The molecule has 2 N–H and O–H groups in total. The molecule has 19 heavy (non-hydrogen) atoms. The molecule has 0 aliphatic rings. The Hall–Kier alpha value is -1.60. The van der Waals surface area contributed by atoms with Crippen LogP contribution in [0.2, 0.25) is 0 Å². The molecule has 0 spiro atoms. The molecule has 0 unspecified atom stereocenters. The second kappa shape index (κ2) is 6.03. The Morgan fingerprint density at radius 3 is 2.95 bits per heavy atom. The summed E-state index contributed by atoms with van der Waals surface area (Å²) >= 11 is 1.38. The van der Waals surface area contributed by atoms with Crippen LogP contribution < -0.4 is 11.0 Å². The number of hydrogen-bond donors (Lipinski definition) is 2. The molecule has 102 valence electrons. The van der Waals surface area contributed by atoms with Gasteiger partial charge < -0.3 is 5.32 Å². The number of pyridine rings is 1. The second-order valence-corrected chi connectivity index (χ2v) is 5.43. The minimum Gasteiger partial charge on any atom is -0.310 e. The molecule has 0 aromatic carbocycles. The first-order chi connectivity index (χ1) is 9.08. The Balaban J connectivity index is 2.20. The lowest BCUT2D eigenvalue weighted by atomic mass is 10.2. The highest BCUT2D eigenvalue weighted by Gasteiger charge is 2.11. The molecule has 2 aromatic rings. The third-order valence-electron chi connectivity index (χ3n) is 2.58. The average Bonchev–Trinajstić information content (AvgIpc) is 2.70. The van der Waals surface area contributed by atoms with Crippen LogP contribution in [0.25, 0.3) is 0 Å². The fraction of sp³-hybridized carbons (Fsp3) is 0.417. The zero-order valence-corrected chi connectivity index (χ0v) is 12.0. The highest BCUT2D eigenvalue weighted by atomic mass is 32.2. The Labute approximate surface area is 115 Å². The van der Waals surface area contributed by atoms with Crippen molar-refractivity contribution in [1.82, 2.24) is 25.1 Å². The summed E-state index contributed by atoms with van der Waals surface area (Å²) in [4.78, 5) is 15.7. The molecule has 0 aliphatic heterocycles. The maximum Gasteiger partial charge on any atom is 0.343 e. The highest BCUT2D eigenvalue weighted by Crippen LogP contribution is 2.25. The zero-order chi connectivity index (χ0) is 13.8. The molecule has 0 saturated heterocycles. The molecule has 0 atom stereocenters. The van der Waals surface area contributed by atoms with Crippen molar-refractivity contribution >= 4 is 11.8 Å². The van der Waals surface area contributed by atoms with E-state index in [1.54, 1.807) is 13.2 Å². The van der Waals surface area contributed by atoms with E-state index < -0.39 is 0 Å². The van der Waals surface area contributed by atoms with Gasteiger partial charge in [-0.15, -0.1) is 5.10 Å². The van der Waals surface area contributed by atoms with Crippen molar-refractivity contribution in [1.29, 1.82) is 0 Å². The second-order valence-electron chi connectivity index (χ2n) is 4.48. The van der Waals surface area contributed by atoms with Gasteiger partial charge in [-0.25, -0.2) is 14.9 Å². The molecule has 2 rings (SSSR count). The lowest BCUT2D eigenvalue weighted by Gasteiger charge is -2.10. The van der Waals surface area contributed by atoms with Crippen molar-refractivity contribution in [2.75, 3.05) is 0 Å². The van der Waals surface area contributed by atoms with Crippen LogP contribution in [0, 0.1) is 0 Å². The predicted molar refractivity (Wildman–Crippen MR) is 74.2 cm³/mol. The van der Waals surface area contributed by atoms with E-state index in [0.29, 0.717) is 11.2 Å². The van der Waals surface area contributed by atoms with E-state index in [2.05, 4.69) is 34.3 Å². The highest BCUT2D eigenvalue weighted by molar-refractivity contribution is 7.99. The Bertz CT molecular complexity index is 604. The Morgan fingerprint density at radius 1 is 1.53 bits per heavy atom. The van der Waals surface area contributed by atoms with Gasteiger partial charge in [0.15, 0.2) is 5.16 Å². The van der Waals surface area contributed by atoms with Crippen LogP contribution in [0.5, 0.6) is 0 Å². The molecule has 6 nitrogen and oxygen atoms in total. The van der Waals surface area contributed by atoms with E-state index >= 15 is 0 Å². The number of aromatic nitrogens is 4. The molecule has 7 heteroatoms. The smallest absolute Gasteiger partial charge is 0.310 e. The quantitative estimate of drug-likeness (QED) is 0.859. The maximum atomic E-state index is 11.3. The summed E-state index contributed by atoms with van der Waals surface area (Å²) < 4.78 is 1.47. The number of rotatable bonds is 5. The number of H-pyrrole nitrogens is 1. The molecule has 0 fully saturated rings. The van der Waals surface area contributed by atoms with Crippen LogP contribution in [-0.2, 0) is 13.6 Å². The van der Waals surface area contributed by atoms with Gasteiger partial charge in [0, 0.05) is 25.8 Å². The van der Waals surface area contributed by atoms with E-state index in [9.17, 15) is 4.79 Å². The topological polar surface area (TPSA) is 75.6 Å². The summed E-state index contributed by atoms with van der Waals surface area (Å²) in [7, 11) is 1.68. The maximum absolute atomic E-state index is 11.3. The van der Waals surface area contributed by atoms with Crippen molar-refractivity contribution in [3.8, 4) is 0 Å². The molecule has 2 aromatic heterocycles. The van der Waals surface area contributed by atoms with Gasteiger partial charge in [0.25, 0.3) is 0 Å². The third-order valence-corrected chi connectivity index (χ3v) is 3.69. The number of hydrogen-bond acceptors (Lipinski definition) is 5. The molecule has 0 radical (unpaired) electrons. The first-order valence-corrected chi connectivity index (χ1v) is 6.86. The Morgan fingerprint density at radius 2 is 2.32 bits per heavy atom. The van der Waals surface area contributed by atoms with Crippen LogP contribution in [0.15, 0.2) is 33.3 Å². The van der Waals surface area contributed by atoms with Crippen LogP contribution >= 0.6 is 11.8 Å². The van der Waals surface area contributed by atoms with Crippen LogP contribution in [0.4, 0.5) is 0 Å². The average molecular weight is 279 g/mol. The largest absolute Gasteiger partial charge is 0.343 e. The Kier molecular flexibility index (Phi) is 4.39. The first kappa shape index (κ1) is 13.8. The third kappa shape index (κ3) is 3.45. The number of nitrogens with one attached hydrogen (secondary N) is 2. The number of aromatic amines is 1. The summed E-state index contributed by atoms with van der Waals surface area (Å²) in [6, 6.07) is 4.34. The van der Waals surface area contributed by atoms with Crippen molar-refractivity contribution in [2.45, 2.75) is 36.6 Å². The fourth-order valence-corrected chi connectivity index (χ4v) is 2.34. The summed E-state index contributed by atoms with van der Waals surface area (Å²) in [6.45, 7) is 4.94. The summed E-state index contributed by atoms with van der Waals surface area (Å²) in [5, 5.41) is 11.2. The van der Waals surface area contributed by atoms with Crippen LogP contribution in [0.1, 0.15) is 19.4 Å². The van der Waals surface area contributed by atoms with E-state index in [4.69, 9.17) is 0 Å². The lowest BCUT2D eigenvalue weighted by Crippen LogP contribution is -2.22. The lowest BCUT2D eigenvalue weighted by molar-refractivity contribution is 0.582. The van der Waals surface area contributed by atoms with Gasteiger partial charge in [-0.05, 0) is 23.4 Å². The van der Waals surface area contributed by atoms with Gasteiger partial charge in [-0.3, -0.25) is 4.57 Å². The first-order valence-electron chi connectivity index (χ1n) is 6.04. The zero-order valence-electron chi connectivity index (χ0n) is 11.2. The molecule has 0 bridgehead atoms. The van der Waals surface area contributed by atoms with Gasteiger partial charge in [0.05, 0.1) is 0 Å². The van der Waals surface area contributed by atoms with Crippen molar-refractivity contribution in [3.05, 3.63) is 34.4 Å². The monoisotopic (exact) mass is 279 g/mol. The van der Waals surface area contributed by atoms with Crippen molar-refractivity contribution in [3.63, 3.8) is 0 Å². The van der Waals surface area contributed by atoms with Crippen LogP contribution in [0.3, 0.4) is 0 Å². The van der Waals surface area contributed by atoms with Crippen molar-refractivity contribution in [2.24, 2.45) is 7.05 Å². The molecular weight excluding hydrogens is 262 g/mol. The minimum absolute atomic E-state index is 0.222. The summed E-state index contributed by atoms with van der Waals surface area (Å²) in [5.74, 6) is 0. The van der Waals surface area contributed by atoms with Gasteiger partial charge >= 0.3 is 5.69 Å². The summed E-state index contributed by atoms with van der Waals surface area (Å²) in [6.07, 6.45) is 1.74. The predicted octanol–water partition coefficient (Wildman–Crippen LogP) is 1.15. The molecule has 2 heterocycles. The van der Waals surface area contributed by atoms with Gasteiger partial charge in [0.1, 0.15) is 5.03 Å². The van der Waals surface area contributed by atoms with E-state index in [-0.39, 0.29) is 5.69 Å². The number of nitrogens with zero attached hydrogens (tertiary/aromatic N) is 3. The summed E-state index contributed by atoms with van der Waals surface area (Å²) in [5.41, 5.74) is 0.872. The van der Waals surface area contributed by atoms with E-state index in [1.165, 1.54) is 16.3 Å².